The van der Waals surface area contributed by atoms with E-state index in [1.807, 2.05) is 17.0 Å². The van der Waals surface area contributed by atoms with Crippen LogP contribution in [0.4, 0.5) is 10.6 Å². The van der Waals surface area contributed by atoms with E-state index in [2.05, 4.69) is 20.1 Å². The molecule has 2 fully saturated rings. The number of methoxy groups -OCH3 is 1. The summed E-state index contributed by atoms with van der Waals surface area (Å²) in [6.07, 6.45) is 9.82. The standard InChI is InChI=1S/C25H26N8O3/c1-13(34)20-21(15-9-16-4-5-17(10-15)32(16)25(35)36-2)31-24-18(12-30-33(24)22(20)26)14-3-6-19(29-11-14)23-27-7-8-28-23/h3,6-8,11-12,15-17H,4-5,9-10,26H2,1-2H3,(H,27,28)/t15-,16-,17+. The third kappa shape index (κ3) is 3.42. The van der Waals surface area contributed by atoms with Gasteiger partial charge in [0.25, 0.3) is 0 Å². The van der Waals surface area contributed by atoms with Gasteiger partial charge in [-0.3, -0.25) is 9.78 Å². The number of hydrogen-bond donors (Lipinski definition) is 2. The average molecular weight is 487 g/mol. The minimum atomic E-state index is -0.292. The Kier molecular flexibility index (Phi) is 5.20. The zero-order valence-electron chi connectivity index (χ0n) is 20.0. The first kappa shape index (κ1) is 22.2. The van der Waals surface area contributed by atoms with Gasteiger partial charge in [0.05, 0.1) is 24.6 Å². The second kappa shape index (κ2) is 8.43. The average Bonchev–Trinajstić information content (AvgIpc) is 3.62. The molecule has 184 valence electrons. The molecule has 2 bridgehead atoms. The number of amides is 1. The molecule has 6 heterocycles. The number of piperidine rings is 1. The fourth-order valence-corrected chi connectivity index (χ4v) is 5.80. The molecule has 11 nitrogen and oxygen atoms in total. The molecule has 11 heteroatoms. The first-order valence-corrected chi connectivity index (χ1v) is 12.0. The van der Waals surface area contributed by atoms with Gasteiger partial charge in [0.1, 0.15) is 11.5 Å². The van der Waals surface area contributed by atoms with Crippen molar-refractivity contribution in [1.82, 2.24) is 34.4 Å². The van der Waals surface area contributed by atoms with Gasteiger partial charge in [-0.25, -0.2) is 14.8 Å². The number of nitrogens with two attached hydrogens (primary N) is 1. The van der Waals surface area contributed by atoms with Crippen molar-refractivity contribution >= 4 is 23.3 Å². The molecule has 0 spiro atoms. The lowest BCUT2D eigenvalue weighted by Crippen LogP contribution is -2.46. The Labute approximate surface area is 206 Å². The van der Waals surface area contributed by atoms with Crippen LogP contribution >= 0.6 is 0 Å². The van der Waals surface area contributed by atoms with E-state index < -0.39 is 0 Å². The van der Waals surface area contributed by atoms with Gasteiger partial charge >= 0.3 is 6.09 Å². The van der Waals surface area contributed by atoms with E-state index in [-0.39, 0.29) is 35.7 Å². The lowest BCUT2D eigenvalue weighted by atomic mass is 9.85. The topological polar surface area (TPSA) is 144 Å². The van der Waals surface area contributed by atoms with Crippen molar-refractivity contribution in [3.63, 3.8) is 0 Å². The Bertz CT molecular complexity index is 1450. The van der Waals surface area contributed by atoms with Gasteiger partial charge in [-0.1, -0.05) is 6.07 Å². The Balaban J connectivity index is 1.42. The van der Waals surface area contributed by atoms with Gasteiger partial charge in [-0.15, -0.1) is 0 Å². The molecule has 3 atom stereocenters. The zero-order chi connectivity index (χ0) is 25.0. The molecule has 36 heavy (non-hydrogen) atoms. The normalized spacial score (nSPS) is 21.2. The number of aromatic amines is 1. The number of anilines is 1. The highest BCUT2D eigenvalue weighted by Gasteiger charge is 2.45. The van der Waals surface area contributed by atoms with Gasteiger partial charge in [0.2, 0.25) is 0 Å². The molecule has 4 aromatic rings. The maximum absolute atomic E-state index is 12.7. The number of ketones is 1. The van der Waals surface area contributed by atoms with Gasteiger partial charge in [0, 0.05) is 47.7 Å². The maximum atomic E-state index is 12.7. The van der Waals surface area contributed by atoms with Crippen molar-refractivity contribution in [1.29, 1.82) is 0 Å². The van der Waals surface area contributed by atoms with Gasteiger partial charge < -0.3 is 20.4 Å². The largest absolute Gasteiger partial charge is 0.453 e. The number of Topliss-reactive ketones (excluding diaryl/α,β-unsaturated/α-hetero) is 1. The van der Waals surface area contributed by atoms with Crippen LogP contribution in [0.1, 0.15) is 54.6 Å². The molecule has 0 radical (unpaired) electrons. The van der Waals surface area contributed by atoms with Crippen molar-refractivity contribution < 1.29 is 14.3 Å². The number of nitrogen functional groups attached to an aromatic ring is 1. The number of pyridine rings is 1. The summed E-state index contributed by atoms with van der Waals surface area (Å²) >= 11 is 0. The van der Waals surface area contributed by atoms with Crippen LogP contribution in [-0.2, 0) is 4.74 Å². The van der Waals surface area contributed by atoms with E-state index in [9.17, 15) is 9.59 Å². The lowest BCUT2D eigenvalue weighted by molar-refractivity contribution is 0.0800. The first-order valence-electron chi connectivity index (χ1n) is 12.0. The minimum absolute atomic E-state index is 0.00295. The highest BCUT2D eigenvalue weighted by atomic mass is 16.5. The van der Waals surface area contributed by atoms with Crippen LogP contribution in [-0.4, -0.2) is 65.5 Å². The van der Waals surface area contributed by atoms with Gasteiger partial charge in [-0.2, -0.15) is 9.61 Å². The molecule has 0 unspecified atom stereocenters. The Hall–Kier alpha value is -4.28. The minimum Gasteiger partial charge on any atom is -0.453 e. The summed E-state index contributed by atoms with van der Waals surface area (Å²) in [5.74, 6) is 0.805. The number of rotatable bonds is 4. The predicted octanol–water partition coefficient (Wildman–Crippen LogP) is 3.44. The second-order valence-corrected chi connectivity index (χ2v) is 9.41. The molecule has 0 saturated carbocycles. The molecular formula is C25H26N8O3. The van der Waals surface area contributed by atoms with E-state index in [1.165, 1.54) is 18.5 Å². The highest BCUT2D eigenvalue weighted by Crippen LogP contribution is 2.44. The van der Waals surface area contributed by atoms with Crippen molar-refractivity contribution in [3.8, 4) is 22.6 Å². The number of nitrogens with zero attached hydrogens (tertiary/aromatic N) is 6. The quantitative estimate of drug-likeness (QED) is 0.417. The third-order valence-corrected chi connectivity index (χ3v) is 7.38. The Morgan fingerprint density at radius 2 is 1.92 bits per heavy atom. The van der Waals surface area contributed by atoms with Crippen LogP contribution in [0.2, 0.25) is 0 Å². The van der Waals surface area contributed by atoms with Crippen LogP contribution in [0.15, 0.2) is 36.9 Å². The van der Waals surface area contributed by atoms with Crippen LogP contribution in [0.25, 0.3) is 28.3 Å². The number of ether oxygens (including phenoxy) is 1. The Morgan fingerprint density at radius 1 is 1.14 bits per heavy atom. The summed E-state index contributed by atoms with van der Waals surface area (Å²) < 4.78 is 6.53. The third-order valence-electron chi connectivity index (χ3n) is 7.38. The molecule has 4 aromatic heterocycles. The van der Waals surface area contributed by atoms with Crippen LogP contribution < -0.4 is 5.73 Å². The van der Waals surface area contributed by atoms with E-state index in [4.69, 9.17) is 15.5 Å². The van der Waals surface area contributed by atoms with Crippen molar-refractivity contribution in [3.05, 3.63) is 48.2 Å². The summed E-state index contributed by atoms with van der Waals surface area (Å²) in [5, 5.41) is 4.45. The molecule has 0 aromatic carbocycles. The molecule has 0 aliphatic carbocycles. The van der Waals surface area contributed by atoms with E-state index >= 15 is 0 Å². The van der Waals surface area contributed by atoms with E-state index in [0.29, 0.717) is 35.6 Å². The number of aromatic nitrogens is 6. The summed E-state index contributed by atoms with van der Waals surface area (Å²) in [6.45, 7) is 1.50. The number of carbonyl (C=O) groups excluding carboxylic acids is 2. The number of H-pyrrole nitrogens is 1. The molecular weight excluding hydrogens is 460 g/mol. The smallest absolute Gasteiger partial charge is 0.409 e. The van der Waals surface area contributed by atoms with Gasteiger partial charge in [-0.05, 0) is 38.7 Å². The zero-order valence-corrected chi connectivity index (χ0v) is 20.0. The number of imidazole rings is 1. The molecule has 3 N–H and O–H groups in total. The van der Waals surface area contributed by atoms with Crippen LogP contribution in [0, 0.1) is 0 Å². The van der Waals surface area contributed by atoms with Crippen molar-refractivity contribution in [2.24, 2.45) is 0 Å². The molecule has 1 amide bonds. The summed E-state index contributed by atoms with van der Waals surface area (Å²) in [4.78, 5) is 43.7. The molecule has 2 saturated heterocycles. The van der Waals surface area contributed by atoms with Gasteiger partial charge in [0.15, 0.2) is 17.3 Å². The van der Waals surface area contributed by atoms with E-state index in [0.717, 1.165) is 29.7 Å². The fourth-order valence-electron chi connectivity index (χ4n) is 5.80. The molecule has 2 aliphatic heterocycles. The predicted molar refractivity (Wildman–Crippen MR) is 131 cm³/mol. The monoisotopic (exact) mass is 486 g/mol. The van der Waals surface area contributed by atoms with Crippen LogP contribution in [0.5, 0.6) is 0 Å². The Morgan fingerprint density at radius 3 is 2.53 bits per heavy atom. The SMILES string of the molecule is COC(=O)N1[C@@H]2CC[C@H]1C[C@H](c1nc3c(-c4ccc(-c5ncc[nH]5)nc4)cnn3c(N)c1C(C)=O)C2. The molecule has 2 aliphatic rings. The summed E-state index contributed by atoms with van der Waals surface area (Å²) in [5.41, 5.74) is 10.5. The number of fused-ring (bicyclic) bond motifs is 3. The van der Waals surface area contributed by atoms with Crippen molar-refractivity contribution in [2.75, 3.05) is 12.8 Å². The lowest BCUT2D eigenvalue weighted by Gasteiger charge is -2.38. The first-order chi connectivity index (χ1) is 17.5. The van der Waals surface area contributed by atoms with E-state index in [1.54, 1.807) is 24.8 Å². The summed E-state index contributed by atoms with van der Waals surface area (Å²) in [6, 6.07) is 3.94. The number of carbonyl (C=O) groups is 2. The maximum Gasteiger partial charge on any atom is 0.409 e. The fraction of sp³-hybridized carbons (Fsp3) is 0.360. The van der Waals surface area contributed by atoms with Crippen LogP contribution in [0.3, 0.4) is 0 Å². The number of hydrogen-bond acceptors (Lipinski definition) is 8. The second-order valence-electron chi connectivity index (χ2n) is 9.41. The summed E-state index contributed by atoms with van der Waals surface area (Å²) in [7, 11) is 1.41. The number of nitrogens with one attached hydrogen (secondary N) is 1. The van der Waals surface area contributed by atoms with Crippen molar-refractivity contribution in [2.45, 2.75) is 50.6 Å². The highest BCUT2D eigenvalue weighted by molar-refractivity contribution is 6.00. The molecule has 6 rings (SSSR count).